The zero-order valence-electron chi connectivity index (χ0n) is 13.6. The molecule has 0 saturated heterocycles. The van der Waals surface area contributed by atoms with Gasteiger partial charge in [-0.15, -0.1) is 0 Å². The van der Waals surface area contributed by atoms with Gasteiger partial charge in [0.05, 0.1) is 20.6 Å². The summed E-state index contributed by atoms with van der Waals surface area (Å²) in [6.07, 6.45) is -0.385. The fourth-order valence-corrected chi connectivity index (χ4v) is 2.69. The Balaban J connectivity index is 2.08. The van der Waals surface area contributed by atoms with Crippen LogP contribution in [0.25, 0.3) is 0 Å². The molecule has 1 atom stereocenters. The number of benzene rings is 2. The fourth-order valence-electron chi connectivity index (χ4n) is 2.23. The Morgan fingerprint density at radius 1 is 1.12 bits per heavy atom. The van der Waals surface area contributed by atoms with E-state index in [0.717, 1.165) is 15.6 Å². The lowest BCUT2D eigenvalue weighted by atomic mass is 10.1. The molecule has 0 aliphatic carbocycles. The minimum atomic E-state index is -0.461. The maximum absolute atomic E-state index is 12.9. The van der Waals surface area contributed by atoms with Crippen molar-refractivity contribution in [2.24, 2.45) is 0 Å². The van der Waals surface area contributed by atoms with Crippen LogP contribution in [0.15, 0.2) is 40.9 Å². The fraction of sp³-hybridized carbons (Fsp3) is 0.278. The predicted molar refractivity (Wildman–Crippen MR) is 91.9 cm³/mol. The highest BCUT2D eigenvalue weighted by Gasteiger charge is 2.16. The van der Waals surface area contributed by atoms with Crippen molar-refractivity contribution in [3.05, 3.63) is 57.8 Å². The van der Waals surface area contributed by atoms with E-state index < -0.39 is 6.10 Å². The van der Waals surface area contributed by atoms with Crippen LogP contribution < -0.4 is 9.47 Å². The summed E-state index contributed by atoms with van der Waals surface area (Å²) in [5.41, 5.74) is 1.46. The summed E-state index contributed by atoms with van der Waals surface area (Å²) in [5, 5.41) is 0. The number of ether oxygens (including phenoxy) is 3. The summed E-state index contributed by atoms with van der Waals surface area (Å²) < 4.78 is 29.5. The molecule has 0 unspecified atom stereocenters. The third-order valence-electron chi connectivity index (χ3n) is 3.54. The lowest BCUT2D eigenvalue weighted by molar-refractivity contribution is -0.147. The molecule has 0 amide bonds. The first-order valence-corrected chi connectivity index (χ1v) is 8.09. The monoisotopic (exact) mass is 396 g/mol. The van der Waals surface area contributed by atoms with Crippen molar-refractivity contribution in [2.45, 2.75) is 19.4 Å². The zero-order valence-corrected chi connectivity index (χ0v) is 15.2. The van der Waals surface area contributed by atoms with Gasteiger partial charge in [0.15, 0.2) is 11.5 Å². The summed E-state index contributed by atoms with van der Waals surface area (Å²) in [4.78, 5) is 12.2. The van der Waals surface area contributed by atoms with E-state index in [4.69, 9.17) is 14.2 Å². The normalized spacial score (nSPS) is 11.7. The summed E-state index contributed by atoms with van der Waals surface area (Å²) in [6.45, 7) is 1.74. The van der Waals surface area contributed by atoms with Crippen LogP contribution >= 0.6 is 15.9 Å². The minimum Gasteiger partial charge on any atom is -0.493 e. The molecule has 0 aliphatic heterocycles. The molecule has 0 bridgehead atoms. The molecule has 0 saturated carbocycles. The molecule has 6 heteroatoms. The van der Waals surface area contributed by atoms with Gasteiger partial charge < -0.3 is 14.2 Å². The van der Waals surface area contributed by atoms with Crippen molar-refractivity contribution in [1.82, 2.24) is 0 Å². The van der Waals surface area contributed by atoms with Crippen molar-refractivity contribution in [3.8, 4) is 11.5 Å². The van der Waals surface area contributed by atoms with Crippen molar-refractivity contribution in [2.75, 3.05) is 14.2 Å². The standard InChI is InChI=1S/C18H18BrFO4/c1-11(12-4-6-14(20)7-5-12)24-18(21)9-13-8-16(22-2)17(23-3)10-15(13)19/h4-8,10-11H,9H2,1-3H3/t11-/m1/s1. The summed E-state index contributed by atoms with van der Waals surface area (Å²) in [7, 11) is 3.08. The van der Waals surface area contributed by atoms with Crippen LogP contribution in [0.1, 0.15) is 24.2 Å². The van der Waals surface area contributed by atoms with Gasteiger partial charge in [-0.05, 0) is 42.3 Å². The molecule has 24 heavy (non-hydrogen) atoms. The van der Waals surface area contributed by atoms with E-state index in [1.165, 1.54) is 19.2 Å². The van der Waals surface area contributed by atoms with E-state index in [1.807, 2.05) is 0 Å². The number of hydrogen-bond donors (Lipinski definition) is 0. The molecule has 2 aromatic carbocycles. The van der Waals surface area contributed by atoms with Crippen LogP contribution in [0.2, 0.25) is 0 Å². The second kappa shape index (κ2) is 8.15. The highest BCUT2D eigenvalue weighted by atomic mass is 79.9. The van der Waals surface area contributed by atoms with Gasteiger partial charge in [-0.3, -0.25) is 4.79 Å². The van der Waals surface area contributed by atoms with Crippen LogP contribution in [0.4, 0.5) is 4.39 Å². The first-order valence-electron chi connectivity index (χ1n) is 7.30. The molecule has 0 radical (unpaired) electrons. The molecule has 0 N–H and O–H groups in total. The Kier molecular flexibility index (Phi) is 6.20. The van der Waals surface area contributed by atoms with Gasteiger partial charge in [0.25, 0.3) is 0 Å². The highest BCUT2D eigenvalue weighted by Crippen LogP contribution is 2.33. The summed E-state index contributed by atoms with van der Waals surface area (Å²) in [5.74, 6) is 0.391. The molecular formula is C18H18BrFO4. The average Bonchev–Trinajstić information content (AvgIpc) is 2.56. The highest BCUT2D eigenvalue weighted by molar-refractivity contribution is 9.10. The average molecular weight is 397 g/mol. The molecule has 2 aromatic rings. The van der Waals surface area contributed by atoms with Crippen LogP contribution in [-0.2, 0) is 16.0 Å². The number of methoxy groups -OCH3 is 2. The van der Waals surface area contributed by atoms with Gasteiger partial charge in [0, 0.05) is 4.47 Å². The third-order valence-corrected chi connectivity index (χ3v) is 4.27. The molecule has 0 heterocycles. The molecule has 0 fully saturated rings. The first-order chi connectivity index (χ1) is 11.4. The van der Waals surface area contributed by atoms with Crippen LogP contribution in [-0.4, -0.2) is 20.2 Å². The SMILES string of the molecule is COc1cc(Br)c(CC(=O)O[C@H](C)c2ccc(F)cc2)cc1OC. The topological polar surface area (TPSA) is 44.8 Å². The summed E-state index contributed by atoms with van der Waals surface area (Å²) >= 11 is 3.41. The molecule has 2 rings (SSSR count). The second-order valence-electron chi connectivity index (χ2n) is 5.16. The van der Waals surface area contributed by atoms with Crippen molar-refractivity contribution >= 4 is 21.9 Å². The van der Waals surface area contributed by atoms with Crippen LogP contribution in [0.5, 0.6) is 11.5 Å². The van der Waals surface area contributed by atoms with E-state index in [-0.39, 0.29) is 18.2 Å². The molecule has 4 nitrogen and oxygen atoms in total. The maximum atomic E-state index is 12.9. The third kappa shape index (κ3) is 4.47. The van der Waals surface area contributed by atoms with Gasteiger partial charge in [-0.25, -0.2) is 4.39 Å². The molecule has 128 valence electrons. The lowest BCUT2D eigenvalue weighted by Gasteiger charge is -2.15. The number of hydrogen-bond acceptors (Lipinski definition) is 4. The van der Waals surface area contributed by atoms with E-state index in [0.29, 0.717) is 11.5 Å². The van der Waals surface area contributed by atoms with Crippen molar-refractivity contribution < 1.29 is 23.4 Å². The Bertz CT molecular complexity index is 716. The van der Waals surface area contributed by atoms with E-state index in [1.54, 1.807) is 38.3 Å². The Labute approximate surface area is 148 Å². The second-order valence-corrected chi connectivity index (χ2v) is 6.01. The Morgan fingerprint density at radius 2 is 1.71 bits per heavy atom. The smallest absolute Gasteiger partial charge is 0.310 e. The van der Waals surface area contributed by atoms with E-state index in [2.05, 4.69) is 15.9 Å². The Hall–Kier alpha value is -2.08. The number of carbonyl (C=O) groups excluding carboxylic acids is 1. The minimum absolute atomic E-state index is 0.0759. The van der Waals surface area contributed by atoms with Gasteiger partial charge in [-0.2, -0.15) is 0 Å². The summed E-state index contributed by atoms with van der Waals surface area (Å²) in [6, 6.07) is 9.34. The molecular weight excluding hydrogens is 379 g/mol. The van der Waals surface area contributed by atoms with Gasteiger partial charge in [0.2, 0.25) is 0 Å². The molecule has 0 aromatic heterocycles. The van der Waals surface area contributed by atoms with Crippen molar-refractivity contribution in [3.63, 3.8) is 0 Å². The maximum Gasteiger partial charge on any atom is 0.310 e. The number of halogens is 2. The van der Waals surface area contributed by atoms with Gasteiger partial charge >= 0.3 is 5.97 Å². The quantitative estimate of drug-likeness (QED) is 0.676. The van der Waals surface area contributed by atoms with Crippen LogP contribution in [0.3, 0.4) is 0 Å². The number of carbonyl (C=O) groups is 1. The van der Waals surface area contributed by atoms with Crippen LogP contribution in [0, 0.1) is 5.82 Å². The van der Waals surface area contributed by atoms with Crippen molar-refractivity contribution in [1.29, 1.82) is 0 Å². The van der Waals surface area contributed by atoms with Gasteiger partial charge in [0.1, 0.15) is 11.9 Å². The number of rotatable bonds is 6. The predicted octanol–water partition coefficient (Wildman–Crippen LogP) is 4.45. The lowest BCUT2D eigenvalue weighted by Crippen LogP contribution is -2.12. The molecule has 0 aliphatic rings. The Morgan fingerprint density at radius 3 is 2.29 bits per heavy atom. The molecule has 0 spiro atoms. The van der Waals surface area contributed by atoms with E-state index in [9.17, 15) is 9.18 Å². The van der Waals surface area contributed by atoms with E-state index >= 15 is 0 Å². The zero-order chi connectivity index (χ0) is 17.7. The number of esters is 1. The largest absolute Gasteiger partial charge is 0.493 e. The van der Waals surface area contributed by atoms with Gasteiger partial charge in [-0.1, -0.05) is 28.1 Å². The first kappa shape index (κ1) is 18.3.